The van der Waals surface area contributed by atoms with E-state index in [1.165, 1.54) is 11.5 Å². The van der Waals surface area contributed by atoms with E-state index in [0.717, 1.165) is 11.0 Å². The van der Waals surface area contributed by atoms with Crippen LogP contribution in [0.3, 0.4) is 0 Å². The van der Waals surface area contributed by atoms with Gasteiger partial charge in [0.25, 0.3) is 0 Å². The maximum absolute atomic E-state index is 4.29. The molecular formula is C7H10N4S. The maximum Gasteiger partial charge on any atom is 0.243 e. The van der Waals surface area contributed by atoms with Crippen LogP contribution in [0.4, 0.5) is 5.95 Å². The van der Waals surface area contributed by atoms with Crippen LogP contribution in [0.25, 0.3) is 0 Å². The quantitative estimate of drug-likeness (QED) is 0.705. The number of rotatable bonds is 1. The summed E-state index contributed by atoms with van der Waals surface area (Å²) in [5.74, 6) is 0.784. The molecule has 1 aliphatic rings. The van der Waals surface area contributed by atoms with E-state index in [0.29, 0.717) is 0 Å². The number of aryl methyl sites for hydroxylation is 1. The number of hydrogen-bond acceptors (Lipinski definition) is 5. The fraction of sp³-hybridized carbons (Fsp3) is 0.429. The first-order valence-electron chi connectivity index (χ1n) is 3.79. The molecule has 1 atom stereocenters. The molecule has 1 N–H and O–H groups in total. The summed E-state index contributed by atoms with van der Waals surface area (Å²) in [6.07, 6.45) is 4.12. The smallest absolute Gasteiger partial charge is 0.243 e. The molecule has 1 aliphatic heterocycles. The molecule has 0 aromatic carbocycles. The molecule has 0 spiro atoms. The third-order valence-corrected chi connectivity index (χ3v) is 2.35. The van der Waals surface area contributed by atoms with Gasteiger partial charge in [-0.15, -0.1) is 0 Å². The third kappa shape index (κ3) is 1.16. The van der Waals surface area contributed by atoms with Crippen molar-refractivity contribution in [1.82, 2.24) is 14.7 Å². The minimum atomic E-state index is 0.263. The van der Waals surface area contributed by atoms with Crippen molar-refractivity contribution in [3.05, 3.63) is 17.4 Å². The molecule has 0 radical (unpaired) electrons. The van der Waals surface area contributed by atoms with Crippen LogP contribution in [-0.4, -0.2) is 15.5 Å². The Bertz CT molecular complexity index is 306. The normalized spacial score (nSPS) is 21.5. The molecule has 1 unspecified atom stereocenters. The summed E-state index contributed by atoms with van der Waals surface area (Å²) in [5.41, 5.74) is 0. The van der Waals surface area contributed by atoms with Crippen molar-refractivity contribution >= 4 is 17.5 Å². The van der Waals surface area contributed by atoms with Gasteiger partial charge in [-0.25, -0.2) is 4.98 Å². The Labute approximate surface area is 75.1 Å². The monoisotopic (exact) mass is 182 g/mol. The van der Waals surface area contributed by atoms with Gasteiger partial charge in [0.05, 0.1) is 0 Å². The molecule has 12 heavy (non-hydrogen) atoms. The largest absolute Gasteiger partial charge is 0.370 e. The molecule has 64 valence electrons. The van der Waals surface area contributed by atoms with Gasteiger partial charge >= 0.3 is 0 Å². The standard InChI is InChI=1S/C7H10N4S/c1-5-8-3-4-11(5)7-9-6(2)12-10-7/h3-5,8H,1-2H3. The Morgan fingerprint density at radius 1 is 1.67 bits per heavy atom. The lowest BCUT2D eigenvalue weighted by Gasteiger charge is -2.17. The van der Waals surface area contributed by atoms with Crippen molar-refractivity contribution in [2.45, 2.75) is 20.0 Å². The van der Waals surface area contributed by atoms with Crippen molar-refractivity contribution in [3.63, 3.8) is 0 Å². The molecule has 0 amide bonds. The van der Waals surface area contributed by atoms with Gasteiger partial charge in [-0.1, -0.05) is 0 Å². The second-order valence-electron chi connectivity index (χ2n) is 2.68. The Kier molecular flexibility index (Phi) is 1.73. The summed E-state index contributed by atoms with van der Waals surface area (Å²) < 4.78 is 4.21. The van der Waals surface area contributed by atoms with Crippen molar-refractivity contribution in [2.24, 2.45) is 0 Å². The van der Waals surface area contributed by atoms with Gasteiger partial charge in [0.15, 0.2) is 0 Å². The molecule has 4 nitrogen and oxygen atoms in total. The van der Waals surface area contributed by atoms with E-state index in [1.807, 2.05) is 24.2 Å². The minimum Gasteiger partial charge on any atom is -0.370 e. The molecule has 2 rings (SSSR count). The SMILES string of the molecule is Cc1nc(N2C=CNC2C)ns1. The Balaban J connectivity index is 2.24. The van der Waals surface area contributed by atoms with Gasteiger partial charge in [-0.2, -0.15) is 4.37 Å². The second kappa shape index (κ2) is 2.75. The van der Waals surface area contributed by atoms with Crippen LogP contribution in [0.5, 0.6) is 0 Å². The zero-order valence-electron chi connectivity index (χ0n) is 6.98. The summed E-state index contributed by atoms with van der Waals surface area (Å²) in [6, 6.07) is 0. The molecule has 0 aliphatic carbocycles. The summed E-state index contributed by atoms with van der Waals surface area (Å²) in [5, 5.41) is 4.14. The fourth-order valence-electron chi connectivity index (χ4n) is 1.11. The van der Waals surface area contributed by atoms with Gasteiger partial charge in [-0.05, 0) is 25.4 Å². The molecule has 0 bridgehead atoms. The first-order chi connectivity index (χ1) is 5.77. The summed E-state index contributed by atoms with van der Waals surface area (Å²) in [6.45, 7) is 4.02. The van der Waals surface area contributed by atoms with Crippen LogP contribution in [0.15, 0.2) is 12.4 Å². The highest BCUT2D eigenvalue weighted by atomic mass is 32.1. The van der Waals surface area contributed by atoms with Crippen LogP contribution >= 0.6 is 11.5 Å². The molecule has 2 heterocycles. The van der Waals surface area contributed by atoms with Crippen LogP contribution in [-0.2, 0) is 0 Å². The number of aromatic nitrogens is 2. The van der Waals surface area contributed by atoms with E-state index < -0.39 is 0 Å². The predicted molar refractivity (Wildman–Crippen MR) is 48.9 cm³/mol. The fourth-order valence-corrected chi connectivity index (χ4v) is 1.58. The highest BCUT2D eigenvalue weighted by molar-refractivity contribution is 7.05. The van der Waals surface area contributed by atoms with Crippen LogP contribution in [0.1, 0.15) is 11.9 Å². The maximum atomic E-state index is 4.29. The van der Waals surface area contributed by atoms with Gasteiger partial charge in [-0.3, -0.25) is 4.90 Å². The third-order valence-electron chi connectivity index (χ3n) is 1.74. The lowest BCUT2D eigenvalue weighted by Crippen LogP contribution is -2.32. The van der Waals surface area contributed by atoms with Gasteiger partial charge in [0.1, 0.15) is 11.2 Å². The van der Waals surface area contributed by atoms with Crippen molar-refractivity contribution in [3.8, 4) is 0 Å². The van der Waals surface area contributed by atoms with Crippen LogP contribution in [0.2, 0.25) is 0 Å². The van der Waals surface area contributed by atoms with E-state index in [9.17, 15) is 0 Å². The average Bonchev–Trinajstić information content (AvgIpc) is 2.58. The zero-order valence-corrected chi connectivity index (χ0v) is 7.80. The van der Waals surface area contributed by atoms with Gasteiger partial charge in [0, 0.05) is 12.4 Å². The number of hydrogen-bond donors (Lipinski definition) is 1. The lowest BCUT2D eigenvalue weighted by atomic mass is 10.5. The van der Waals surface area contributed by atoms with E-state index in [2.05, 4.69) is 21.6 Å². The predicted octanol–water partition coefficient (Wildman–Crippen LogP) is 1.07. The molecule has 5 heteroatoms. The Morgan fingerprint density at radius 2 is 2.50 bits per heavy atom. The van der Waals surface area contributed by atoms with E-state index >= 15 is 0 Å². The molecule has 0 fully saturated rings. The highest BCUT2D eigenvalue weighted by Crippen LogP contribution is 2.17. The zero-order chi connectivity index (χ0) is 8.55. The molecule has 1 aromatic heterocycles. The summed E-state index contributed by atoms with van der Waals surface area (Å²) >= 11 is 1.43. The number of nitrogens with zero attached hydrogens (tertiary/aromatic N) is 3. The average molecular weight is 182 g/mol. The highest BCUT2D eigenvalue weighted by Gasteiger charge is 2.18. The number of nitrogens with one attached hydrogen (secondary N) is 1. The first kappa shape index (κ1) is 7.54. The molecule has 0 saturated carbocycles. The first-order valence-corrected chi connectivity index (χ1v) is 4.56. The van der Waals surface area contributed by atoms with Gasteiger partial charge < -0.3 is 5.32 Å². The second-order valence-corrected chi connectivity index (χ2v) is 3.64. The van der Waals surface area contributed by atoms with Crippen molar-refractivity contribution in [2.75, 3.05) is 4.90 Å². The van der Waals surface area contributed by atoms with E-state index in [1.54, 1.807) is 0 Å². The minimum absolute atomic E-state index is 0.263. The summed E-state index contributed by atoms with van der Waals surface area (Å²) in [7, 11) is 0. The Morgan fingerprint density at radius 3 is 3.00 bits per heavy atom. The van der Waals surface area contributed by atoms with E-state index in [4.69, 9.17) is 0 Å². The van der Waals surface area contributed by atoms with E-state index in [-0.39, 0.29) is 6.17 Å². The number of anilines is 1. The molecular weight excluding hydrogens is 172 g/mol. The Hall–Kier alpha value is -1.10. The summed E-state index contributed by atoms with van der Waals surface area (Å²) in [4.78, 5) is 6.29. The van der Waals surface area contributed by atoms with Crippen molar-refractivity contribution in [1.29, 1.82) is 0 Å². The van der Waals surface area contributed by atoms with Crippen LogP contribution in [0, 0.1) is 6.92 Å². The van der Waals surface area contributed by atoms with Crippen LogP contribution < -0.4 is 10.2 Å². The molecule has 0 saturated heterocycles. The van der Waals surface area contributed by atoms with Gasteiger partial charge in [0.2, 0.25) is 5.95 Å². The topological polar surface area (TPSA) is 41.1 Å². The molecule has 1 aromatic rings. The van der Waals surface area contributed by atoms with Crippen molar-refractivity contribution < 1.29 is 0 Å². The lowest BCUT2D eigenvalue weighted by molar-refractivity contribution is 0.674.